The van der Waals surface area contributed by atoms with Gasteiger partial charge in [-0.15, -0.1) is 35.7 Å². The van der Waals surface area contributed by atoms with Crippen LogP contribution in [0.5, 0.6) is 11.5 Å². The maximum absolute atomic E-state index is 8.02. The van der Waals surface area contributed by atoms with Crippen LogP contribution in [0.1, 0.15) is 30.4 Å². The zero-order chi connectivity index (χ0) is 29.9. The van der Waals surface area contributed by atoms with Crippen molar-refractivity contribution in [3.8, 4) is 17.3 Å². The van der Waals surface area contributed by atoms with Crippen molar-refractivity contribution in [1.82, 2.24) is 9.55 Å². The molecule has 4 aromatic carbocycles. The average molecular weight is 721 g/mol. The number of benzene rings is 4. The molecule has 1 aliphatic rings. The van der Waals surface area contributed by atoms with E-state index in [9.17, 15) is 0 Å². The molecule has 0 bridgehead atoms. The van der Waals surface area contributed by atoms with E-state index in [0.29, 0.717) is 17.2 Å². The van der Waals surface area contributed by atoms with Gasteiger partial charge in [-0.05, 0) is 46.7 Å². The summed E-state index contributed by atoms with van der Waals surface area (Å²) in [6.45, 7) is 4.52. The molecule has 2 aromatic heterocycles. The van der Waals surface area contributed by atoms with Crippen LogP contribution in [0.15, 0.2) is 97.2 Å². The monoisotopic (exact) mass is 720 g/mol. The summed E-state index contributed by atoms with van der Waals surface area (Å²) in [5, 5.41) is 2.17. The van der Waals surface area contributed by atoms with E-state index in [1.165, 1.54) is 10.5 Å². The van der Waals surface area contributed by atoms with E-state index >= 15 is 0 Å². The Balaban J connectivity index is 0.00000343. The molecule has 0 spiro atoms. The van der Waals surface area contributed by atoms with E-state index in [1.54, 1.807) is 0 Å². The van der Waals surface area contributed by atoms with Gasteiger partial charge in [-0.3, -0.25) is 0 Å². The number of fused-ring (bicyclic) bond motifs is 4. The SMILES string of the molecule is [2H]C([2H])([2H])N1CN(c2[c-]c(Oc3[c-]c4c(cc3)c3ccccc3n4-c3cc(C(C)(C)C)ccn3)ccc2)c2ccccc21.[Pt+2]. The van der Waals surface area contributed by atoms with Crippen LogP contribution in [-0.2, 0) is 26.5 Å². The molecule has 5 nitrogen and oxygen atoms in total. The number of rotatable bonds is 4. The molecule has 41 heavy (non-hydrogen) atoms. The van der Waals surface area contributed by atoms with Crippen LogP contribution in [0.25, 0.3) is 27.6 Å². The van der Waals surface area contributed by atoms with Crippen molar-refractivity contribution in [2.24, 2.45) is 0 Å². The number of nitrogens with zero attached hydrogens (tertiary/aromatic N) is 4. The van der Waals surface area contributed by atoms with Crippen LogP contribution in [-0.4, -0.2) is 23.2 Å². The number of hydrogen-bond donors (Lipinski definition) is 0. The summed E-state index contributed by atoms with van der Waals surface area (Å²) in [6.07, 6.45) is 1.86. The largest absolute Gasteiger partial charge is 2.00 e. The summed E-state index contributed by atoms with van der Waals surface area (Å²) >= 11 is 0. The summed E-state index contributed by atoms with van der Waals surface area (Å²) in [7, 11) is 0. The molecule has 0 saturated carbocycles. The number of hydrogen-bond acceptors (Lipinski definition) is 4. The van der Waals surface area contributed by atoms with Gasteiger partial charge >= 0.3 is 21.1 Å². The quantitative estimate of drug-likeness (QED) is 0.171. The number of aromatic nitrogens is 2. The van der Waals surface area contributed by atoms with Gasteiger partial charge in [-0.25, -0.2) is 4.98 Å². The minimum absolute atomic E-state index is 0. The first-order valence-electron chi connectivity index (χ1n) is 14.8. The Hall–Kier alpha value is -4.08. The summed E-state index contributed by atoms with van der Waals surface area (Å²) in [6, 6.07) is 36.5. The second-order valence-corrected chi connectivity index (χ2v) is 11.1. The fourth-order valence-corrected chi connectivity index (χ4v) is 5.37. The Morgan fingerprint density at radius 2 is 1.61 bits per heavy atom. The minimum Gasteiger partial charge on any atom is -0.509 e. The Morgan fingerprint density at radius 1 is 0.829 bits per heavy atom. The zero-order valence-corrected chi connectivity index (χ0v) is 25.2. The summed E-state index contributed by atoms with van der Waals surface area (Å²) < 4.78 is 32.5. The van der Waals surface area contributed by atoms with Crippen molar-refractivity contribution < 1.29 is 29.9 Å². The van der Waals surface area contributed by atoms with Crippen molar-refractivity contribution in [3.05, 3.63) is 115 Å². The number of pyridine rings is 1. The van der Waals surface area contributed by atoms with Crippen LogP contribution in [0.2, 0.25) is 0 Å². The predicted octanol–water partition coefficient (Wildman–Crippen LogP) is 8.41. The fourth-order valence-electron chi connectivity index (χ4n) is 5.37. The number of anilines is 3. The molecule has 206 valence electrons. The first-order chi connectivity index (χ1) is 20.6. The molecule has 0 N–H and O–H groups in total. The molecule has 1 aliphatic heterocycles. The Labute approximate surface area is 259 Å². The molecule has 0 amide bonds. The van der Waals surface area contributed by atoms with Crippen LogP contribution in [0.3, 0.4) is 0 Å². The van der Waals surface area contributed by atoms with E-state index < -0.39 is 6.98 Å². The third-order valence-corrected chi connectivity index (χ3v) is 7.41. The first-order valence-corrected chi connectivity index (χ1v) is 13.3. The molecule has 0 fully saturated rings. The first kappa shape index (κ1) is 23.6. The number of para-hydroxylation sites is 3. The van der Waals surface area contributed by atoms with Crippen molar-refractivity contribution in [2.75, 3.05) is 23.4 Å². The van der Waals surface area contributed by atoms with Gasteiger partial charge in [0.2, 0.25) is 0 Å². The molecule has 0 radical (unpaired) electrons. The van der Waals surface area contributed by atoms with Gasteiger partial charge in [-0.1, -0.05) is 62.3 Å². The Kier molecular flexibility index (Phi) is 5.98. The van der Waals surface area contributed by atoms with Crippen LogP contribution >= 0.6 is 0 Å². The maximum atomic E-state index is 8.02. The van der Waals surface area contributed by atoms with Crippen molar-refractivity contribution in [1.29, 1.82) is 0 Å². The van der Waals surface area contributed by atoms with E-state index in [2.05, 4.69) is 67.8 Å². The van der Waals surface area contributed by atoms with Gasteiger partial charge < -0.3 is 19.1 Å². The third-order valence-electron chi connectivity index (χ3n) is 7.41. The molecule has 0 unspecified atom stereocenters. The van der Waals surface area contributed by atoms with Crippen molar-refractivity contribution in [2.45, 2.75) is 26.2 Å². The van der Waals surface area contributed by atoms with E-state index in [-0.39, 0.29) is 33.1 Å². The second-order valence-electron chi connectivity index (χ2n) is 11.1. The van der Waals surface area contributed by atoms with Crippen LogP contribution < -0.4 is 14.5 Å². The second kappa shape index (κ2) is 10.4. The van der Waals surface area contributed by atoms with Crippen molar-refractivity contribution >= 4 is 38.9 Å². The number of ether oxygens (including phenoxy) is 1. The smallest absolute Gasteiger partial charge is 0.509 e. The van der Waals surface area contributed by atoms with E-state index in [1.807, 2.05) is 71.8 Å². The molecule has 3 heterocycles. The minimum atomic E-state index is -2.26. The van der Waals surface area contributed by atoms with E-state index in [4.69, 9.17) is 13.8 Å². The maximum Gasteiger partial charge on any atom is 2.00 e. The zero-order valence-electron chi connectivity index (χ0n) is 26.0. The van der Waals surface area contributed by atoms with Gasteiger partial charge in [-0.2, -0.15) is 12.1 Å². The third kappa shape index (κ3) is 4.79. The normalized spacial score (nSPS) is 14.4. The Morgan fingerprint density at radius 3 is 2.44 bits per heavy atom. The topological polar surface area (TPSA) is 33.5 Å². The van der Waals surface area contributed by atoms with Gasteiger partial charge in [0.15, 0.2) is 0 Å². The van der Waals surface area contributed by atoms with Crippen LogP contribution in [0, 0.1) is 12.1 Å². The van der Waals surface area contributed by atoms with Crippen molar-refractivity contribution in [3.63, 3.8) is 0 Å². The summed E-state index contributed by atoms with van der Waals surface area (Å²) in [5.41, 5.74) is 5.29. The van der Waals surface area contributed by atoms with Gasteiger partial charge in [0.1, 0.15) is 5.82 Å². The summed E-state index contributed by atoms with van der Waals surface area (Å²) in [5.74, 6) is 1.88. The molecule has 0 saturated heterocycles. The molecule has 7 rings (SSSR count). The average Bonchev–Trinajstić information content (AvgIpc) is 3.53. The summed E-state index contributed by atoms with van der Waals surface area (Å²) in [4.78, 5) is 8.11. The molecule has 0 atom stereocenters. The fraction of sp³-hybridized carbons (Fsp3) is 0.171. The van der Waals surface area contributed by atoms with Gasteiger partial charge in [0.25, 0.3) is 0 Å². The van der Waals surface area contributed by atoms with E-state index in [0.717, 1.165) is 39.0 Å². The predicted molar refractivity (Wildman–Crippen MR) is 163 cm³/mol. The van der Waals surface area contributed by atoms with Gasteiger partial charge in [0, 0.05) is 34.3 Å². The standard InChI is InChI=1S/C35H30N4O.Pt/c1-35(2,3)24-18-19-36-34(20-24)39-30-13-6-5-12-28(30)29-17-16-27(22-33(29)39)40-26-11-9-10-25(21-26)38-23-37(4)31-14-7-8-15-32(31)38;/h5-20H,23H2,1-4H3;/q-2;+2/i4D3;. The Bertz CT molecular complexity index is 2000. The molecular formula is C35H30N4OPt. The van der Waals surface area contributed by atoms with Gasteiger partial charge in [0.05, 0.1) is 18.0 Å². The molecule has 0 aliphatic carbocycles. The molecule has 6 heteroatoms. The molecular weight excluding hydrogens is 687 g/mol. The molecule has 6 aromatic rings. The van der Waals surface area contributed by atoms with Crippen LogP contribution in [0.4, 0.5) is 17.1 Å².